The van der Waals surface area contributed by atoms with Crippen molar-refractivity contribution in [2.45, 2.75) is 50.8 Å². The van der Waals surface area contributed by atoms with E-state index >= 15 is 0 Å². The number of thioether (sulfide) groups is 1. The third-order valence-electron chi connectivity index (χ3n) is 3.17. The Balaban J connectivity index is 2.85. The number of carbonyl (C=O) groups is 2. The molecule has 1 aromatic heterocycles. The molecule has 24 heavy (non-hydrogen) atoms. The van der Waals surface area contributed by atoms with Gasteiger partial charge in [-0.05, 0) is 33.3 Å². The number of pyridine rings is 1. The predicted octanol–water partition coefficient (Wildman–Crippen LogP) is 3.26. The minimum absolute atomic E-state index is 0.0850. The Kier molecular flexibility index (Phi) is 8.27. The molecule has 1 aromatic rings. The van der Waals surface area contributed by atoms with Crippen LogP contribution in [0.1, 0.15) is 55.2 Å². The van der Waals surface area contributed by atoms with Crippen LogP contribution in [-0.2, 0) is 14.3 Å². The van der Waals surface area contributed by atoms with Crippen molar-refractivity contribution in [2.75, 3.05) is 13.2 Å². The van der Waals surface area contributed by atoms with Gasteiger partial charge in [-0.25, -0.2) is 9.78 Å². The number of rotatable bonds is 8. The summed E-state index contributed by atoms with van der Waals surface area (Å²) in [6.45, 7) is 7.80. The van der Waals surface area contributed by atoms with Crippen LogP contribution in [0.4, 0.5) is 0 Å². The molecular formula is C17H22N2O4S. The van der Waals surface area contributed by atoms with Gasteiger partial charge in [-0.3, -0.25) is 4.79 Å². The first kappa shape index (κ1) is 20.0. The SMILES string of the molecule is CCOC(=O)CCC(C)Sc1nc(C)c(C(=O)OCC)cc1C#N. The lowest BCUT2D eigenvalue weighted by molar-refractivity contribution is -0.143. The Hall–Kier alpha value is -2.07. The first-order valence-corrected chi connectivity index (χ1v) is 8.71. The predicted molar refractivity (Wildman–Crippen MR) is 90.8 cm³/mol. The molecule has 0 aliphatic heterocycles. The van der Waals surface area contributed by atoms with Crippen LogP contribution in [-0.4, -0.2) is 35.4 Å². The number of hydrogen-bond donors (Lipinski definition) is 0. The maximum Gasteiger partial charge on any atom is 0.340 e. The maximum absolute atomic E-state index is 11.9. The lowest BCUT2D eigenvalue weighted by atomic mass is 10.1. The Bertz CT molecular complexity index is 640. The quantitative estimate of drug-likeness (QED) is 0.525. The molecule has 0 bridgehead atoms. The molecule has 0 radical (unpaired) electrons. The Morgan fingerprint density at radius 2 is 2.00 bits per heavy atom. The largest absolute Gasteiger partial charge is 0.466 e. The van der Waals surface area contributed by atoms with E-state index < -0.39 is 5.97 Å². The summed E-state index contributed by atoms with van der Waals surface area (Å²) < 4.78 is 9.87. The van der Waals surface area contributed by atoms with Crippen molar-refractivity contribution in [1.29, 1.82) is 5.26 Å². The fourth-order valence-corrected chi connectivity index (χ4v) is 3.01. The van der Waals surface area contributed by atoms with Crippen LogP contribution in [0.15, 0.2) is 11.1 Å². The molecule has 0 saturated heterocycles. The van der Waals surface area contributed by atoms with Gasteiger partial charge in [0, 0.05) is 11.7 Å². The van der Waals surface area contributed by atoms with Gasteiger partial charge in [0.15, 0.2) is 0 Å². The molecule has 0 saturated carbocycles. The average Bonchev–Trinajstić information content (AvgIpc) is 2.53. The number of nitrogens with zero attached hydrogens (tertiary/aromatic N) is 2. The summed E-state index contributed by atoms with van der Waals surface area (Å²) in [6.07, 6.45) is 0.943. The van der Waals surface area contributed by atoms with E-state index in [1.165, 1.54) is 17.8 Å². The van der Waals surface area contributed by atoms with Crippen molar-refractivity contribution >= 4 is 23.7 Å². The van der Waals surface area contributed by atoms with E-state index in [0.29, 0.717) is 41.3 Å². The van der Waals surface area contributed by atoms with Crippen molar-refractivity contribution < 1.29 is 19.1 Å². The van der Waals surface area contributed by atoms with Crippen molar-refractivity contribution in [3.8, 4) is 6.07 Å². The van der Waals surface area contributed by atoms with Crippen molar-refractivity contribution in [2.24, 2.45) is 0 Å². The summed E-state index contributed by atoms with van der Waals surface area (Å²) in [5.41, 5.74) is 1.15. The van der Waals surface area contributed by atoms with E-state index in [4.69, 9.17) is 9.47 Å². The van der Waals surface area contributed by atoms with E-state index in [9.17, 15) is 14.9 Å². The van der Waals surface area contributed by atoms with Crippen LogP contribution < -0.4 is 0 Å². The summed E-state index contributed by atoms with van der Waals surface area (Å²) in [4.78, 5) is 27.7. The number of hydrogen-bond acceptors (Lipinski definition) is 7. The zero-order valence-corrected chi connectivity index (χ0v) is 15.2. The first-order valence-electron chi connectivity index (χ1n) is 7.84. The molecule has 0 aromatic carbocycles. The van der Waals surface area contributed by atoms with Crippen molar-refractivity contribution in [3.05, 3.63) is 22.9 Å². The molecule has 0 aliphatic rings. The molecule has 0 N–H and O–H groups in total. The van der Waals surface area contributed by atoms with Gasteiger partial charge in [-0.2, -0.15) is 5.26 Å². The minimum atomic E-state index is -0.481. The molecule has 6 nitrogen and oxygen atoms in total. The van der Waals surface area contributed by atoms with Crippen molar-refractivity contribution in [1.82, 2.24) is 4.98 Å². The van der Waals surface area contributed by atoms with Crippen LogP contribution in [0.3, 0.4) is 0 Å². The standard InChI is InChI=1S/C17H22N2O4S/c1-5-22-15(20)8-7-11(3)24-16-13(10-18)9-14(12(4)19-16)17(21)23-6-2/h9,11H,5-8H2,1-4H3. The van der Waals surface area contributed by atoms with E-state index in [1.54, 1.807) is 20.8 Å². The molecule has 1 unspecified atom stereocenters. The topological polar surface area (TPSA) is 89.3 Å². The molecule has 0 amide bonds. The fourth-order valence-electron chi connectivity index (χ4n) is 1.97. The number of carbonyl (C=O) groups excluding carboxylic acids is 2. The highest BCUT2D eigenvalue weighted by Crippen LogP contribution is 2.29. The van der Waals surface area contributed by atoms with Crippen LogP contribution in [0.5, 0.6) is 0 Å². The molecular weight excluding hydrogens is 328 g/mol. The second-order valence-electron chi connectivity index (χ2n) is 5.08. The van der Waals surface area contributed by atoms with E-state index in [2.05, 4.69) is 11.1 Å². The monoisotopic (exact) mass is 350 g/mol. The molecule has 7 heteroatoms. The summed E-state index contributed by atoms with van der Waals surface area (Å²) in [6, 6.07) is 3.58. The molecule has 0 fully saturated rings. The van der Waals surface area contributed by atoms with Gasteiger partial charge >= 0.3 is 11.9 Å². The highest BCUT2D eigenvalue weighted by atomic mass is 32.2. The van der Waals surface area contributed by atoms with E-state index in [0.717, 1.165) is 0 Å². The lowest BCUT2D eigenvalue weighted by Crippen LogP contribution is -2.10. The van der Waals surface area contributed by atoms with Gasteiger partial charge in [-0.1, -0.05) is 6.92 Å². The van der Waals surface area contributed by atoms with Crippen molar-refractivity contribution in [3.63, 3.8) is 0 Å². The summed E-state index contributed by atoms with van der Waals surface area (Å²) >= 11 is 1.41. The first-order chi connectivity index (χ1) is 11.4. The molecule has 1 atom stereocenters. The number of aromatic nitrogens is 1. The molecule has 0 spiro atoms. The molecule has 1 rings (SSSR count). The average molecular weight is 350 g/mol. The van der Waals surface area contributed by atoms with Gasteiger partial charge in [0.1, 0.15) is 11.1 Å². The number of esters is 2. The minimum Gasteiger partial charge on any atom is -0.466 e. The Morgan fingerprint density at radius 3 is 2.58 bits per heavy atom. The van der Waals surface area contributed by atoms with Gasteiger partial charge in [-0.15, -0.1) is 11.8 Å². The third-order valence-corrected chi connectivity index (χ3v) is 4.34. The molecule has 1 heterocycles. The number of ether oxygens (including phenoxy) is 2. The highest BCUT2D eigenvalue weighted by molar-refractivity contribution is 7.99. The number of nitriles is 1. The summed E-state index contributed by atoms with van der Waals surface area (Å²) in [7, 11) is 0. The second kappa shape index (κ2) is 9.93. The Labute approximate surface area is 146 Å². The molecule has 130 valence electrons. The number of aryl methyl sites for hydroxylation is 1. The fraction of sp³-hybridized carbons (Fsp3) is 0.529. The smallest absolute Gasteiger partial charge is 0.340 e. The van der Waals surface area contributed by atoms with Crippen LogP contribution in [0.2, 0.25) is 0 Å². The summed E-state index contributed by atoms with van der Waals surface area (Å²) in [5, 5.41) is 9.96. The third kappa shape index (κ3) is 5.85. The van der Waals surface area contributed by atoms with Gasteiger partial charge in [0.05, 0.1) is 30.0 Å². The van der Waals surface area contributed by atoms with Crippen LogP contribution in [0, 0.1) is 18.3 Å². The summed E-state index contributed by atoms with van der Waals surface area (Å²) in [5.74, 6) is -0.710. The van der Waals surface area contributed by atoms with Crippen LogP contribution in [0.25, 0.3) is 0 Å². The van der Waals surface area contributed by atoms with Crippen LogP contribution >= 0.6 is 11.8 Å². The van der Waals surface area contributed by atoms with Gasteiger partial charge < -0.3 is 9.47 Å². The zero-order valence-electron chi connectivity index (χ0n) is 14.4. The highest BCUT2D eigenvalue weighted by Gasteiger charge is 2.18. The Morgan fingerprint density at radius 1 is 1.33 bits per heavy atom. The zero-order chi connectivity index (χ0) is 18.1. The molecule has 0 aliphatic carbocycles. The van der Waals surface area contributed by atoms with Gasteiger partial charge in [0.25, 0.3) is 0 Å². The second-order valence-corrected chi connectivity index (χ2v) is 6.51. The van der Waals surface area contributed by atoms with Gasteiger partial charge in [0.2, 0.25) is 0 Å². The lowest BCUT2D eigenvalue weighted by Gasteiger charge is -2.13. The maximum atomic E-state index is 11.9. The van der Waals surface area contributed by atoms with E-state index in [-0.39, 0.29) is 17.8 Å². The normalized spacial score (nSPS) is 11.5. The van der Waals surface area contributed by atoms with E-state index in [1.807, 2.05) is 6.92 Å².